The SMILES string of the molecule is COCCCNC(=O)c1ccc(C)nc1C1CCN(Cc2cccc(F)c2)CC1. The van der Waals surface area contributed by atoms with E-state index in [-0.39, 0.29) is 17.6 Å². The lowest BCUT2D eigenvalue weighted by molar-refractivity contribution is 0.0945. The molecule has 0 spiro atoms. The third-order valence-corrected chi connectivity index (χ3v) is 5.39. The Labute approximate surface area is 172 Å². The second-order valence-corrected chi connectivity index (χ2v) is 7.67. The van der Waals surface area contributed by atoms with Crippen LogP contribution in [0.1, 0.15) is 52.5 Å². The Morgan fingerprint density at radius 1 is 1.28 bits per heavy atom. The van der Waals surface area contributed by atoms with Gasteiger partial charge < -0.3 is 10.1 Å². The maximum atomic E-state index is 13.4. The first-order valence-corrected chi connectivity index (χ1v) is 10.3. The lowest BCUT2D eigenvalue weighted by Crippen LogP contribution is -2.34. The van der Waals surface area contributed by atoms with Crippen molar-refractivity contribution in [1.29, 1.82) is 0 Å². The smallest absolute Gasteiger partial charge is 0.253 e. The van der Waals surface area contributed by atoms with Crippen LogP contribution in [0.15, 0.2) is 36.4 Å². The monoisotopic (exact) mass is 399 g/mol. The quantitative estimate of drug-likeness (QED) is 0.688. The number of piperidine rings is 1. The molecule has 29 heavy (non-hydrogen) atoms. The van der Waals surface area contributed by atoms with Crippen molar-refractivity contribution in [2.24, 2.45) is 0 Å². The predicted molar refractivity (Wildman–Crippen MR) is 111 cm³/mol. The lowest BCUT2D eigenvalue weighted by Gasteiger charge is -2.32. The summed E-state index contributed by atoms with van der Waals surface area (Å²) in [5.41, 5.74) is 3.50. The predicted octanol–water partition coefficient (Wildman–Crippen LogP) is 3.68. The van der Waals surface area contributed by atoms with Crippen LogP contribution in [0.2, 0.25) is 0 Å². The number of ether oxygens (including phenoxy) is 1. The normalized spacial score (nSPS) is 15.4. The van der Waals surface area contributed by atoms with Crippen LogP contribution >= 0.6 is 0 Å². The van der Waals surface area contributed by atoms with Gasteiger partial charge in [0, 0.05) is 38.4 Å². The van der Waals surface area contributed by atoms with Crippen LogP contribution in [-0.2, 0) is 11.3 Å². The molecular formula is C23H30FN3O2. The van der Waals surface area contributed by atoms with E-state index in [1.807, 2.05) is 25.1 Å². The summed E-state index contributed by atoms with van der Waals surface area (Å²) < 4.78 is 18.5. The van der Waals surface area contributed by atoms with Crippen LogP contribution in [0.3, 0.4) is 0 Å². The van der Waals surface area contributed by atoms with E-state index >= 15 is 0 Å². The second-order valence-electron chi connectivity index (χ2n) is 7.67. The van der Waals surface area contributed by atoms with Crippen molar-refractivity contribution in [2.45, 2.75) is 38.6 Å². The van der Waals surface area contributed by atoms with Crippen LogP contribution < -0.4 is 5.32 Å². The van der Waals surface area contributed by atoms with E-state index in [1.54, 1.807) is 19.2 Å². The Balaban J connectivity index is 1.62. The molecule has 0 radical (unpaired) electrons. The molecule has 1 N–H and O–H groups in total. The van der Waals surface area contributed by atoms with Crippen LogP contribution in [0.25, 0.3) is 0 Å². The topological polar surface area (TPSA) is 54.5 Å². The summed E-state index contributed by atoms with van der Waals surface area (Å²) in [6.07, 6.45) is 2.67. The number of pyridine rings is 1. The highest BCUT2D eigenvalue weighted by atomic mass is 19.1. The average molecular weight is 400 g/mol. The molecule has 1 amide bonds. The molecule has 1 aromatic carbocycles. The zero-order valence-electron chi connectivity index (χ0n) is 17.3. The van der Waals surface area contributed by atoms with E-state index in [1.165, 1.54) is 6.07 Å². The Kier molecular flexibility index (Phi) is 7.72. The first-order chi connectivity index (χ1) is 14.1. The van der Waals surface area contributed by atoms with Gasteiger partial charge in [-0.2, -0.15) is 0 Å². The van der Waals surface area contributed by atoms with E-state index in [0.29, 0.717) is 18.7 Å². The molecule has 1 aliphatic heterocycles. The number of nitrogens with zero attached hydrogens (tertiary/aromatic N) is 2. The second kappa shape index (κ2) is 10.5. The summed E-state index contributed by atoms with van der Waals surface area (Å²) in [5.74, 6) is 0.00618. The van der Waals surface area contributed by atoms with Gasteiger partial charge in [0.25, 0.3) is 5.91 Å². The summed E-state index contributed by atoms with van der Waals surface area (Å²) in [6, 6.07) is 10.6. The van der Waals surface area contributed by atoms with Gasteiger partial charge in [-0.15, -0.1) is 0 Å². The third kappa shape index (κ3) is 6.08. The van der Waals surface area contributed by atoms with Crippen molar-refractivity contribution in [2.75, 3.05) is 33.4 Å². The van der Waals surface area contributed by atoms with E-state index in [0.717, 1.165) is 55.8 Å². The molecule has 5 nitrogen and oxygen atoms in total. The van der Waals surface area contributed by atoms with E-state index in [9.17, 15) is 9.18 Å². The minimum Gasteiger partial charge on any atom is -0.385 e. The van der Waals surface area contributed by atoms with Gasteiger partial charge in [-0.05, 0) is 69.1 Å². The number of aromatic nitrogens is 1. The largest absolute Gasteiger partial charge is 0.385 e. The van der Waals surface area contributed by atoms with Gasteiger partial charge in [-0.3, -0.25) is 14.7 Å². The van der Waals surface area contributed by atoms with Crippen LogP contribution in [0, 0.1) is 12.7 Å². The van der Waals surface area contributed by atoms with E-state index in [4.69, 9.17) is 9.72 Å². The number of aryl methyl sites for hydroxylation is 1. The Morgan fingerprint density at radius 3 is 2.79 bits per heavy atom. The van der Waals surface area contributed by atoms with Crippen molar-refractivity contribution in [3.8, 4) is 0 Å². The average Bonchev–Trinajstić information content (AvgIpc) is 2.71. The number of halogens is 1. The summed E-state index contributed by atoms with van der Waals surface area (Å²) in [4.78, 5) is 19.8. The van der Waals surface area contributed by atoms with Gasteiger partial charge in [-0.25, -0.2) is 4.39 Å². The molecule has 1 saturated heterocycles. The molecule has 2 aromatic rings. The minimum atomic E-state index is -0.192. The molecule has 0 saturated carbocycles. The number of benzene rings is 1. The molecule has 2 heterocycles. The zero-order chi connectivity index (χ0) is 20.6. The van der Waals surface area contributed by atoms with Crippen molar-refractivity contribution in [3.63, 3.8) is 0 Å². The standard InChI is InChI=1S/C23H30FN3O2/c1-17-7-8-21(23(28)25-11-4-14-29-2)22(26-17)19-9-12-27(13-10-19)16-18-5-3-6-20(24)15-18/h3,5-8,15,19H,4,9-14,16H2,1-2H3,(H,25,28). The Hall–Kier alpha value is -2.31. The zero-order valence-corrected chi connectivity index (χ0v) is 17.3. The highest BCUT2D eigenvalue weighted by molar-refractivity contribution is 5.95. The number of rotatable bonds is 8. The number of amides is 1. The van der Waals surface area contributed by atoms with Crippen LogP contribution in [-0.4, -0.2) is 49.1 Å². The van der Waals surface area contributed by atoms with Crippen molar-refractivity contribution >= 4 is 5.91 Å². The van der Waals surface area contributed by atoms with Crippen LogP contribution in [0.5, 0.6) is 0 Å². The number of methoxy groups -OCH3 is 1. The molecule has 1 aliphatic rings. The van der Waals surface area contributed by atoms with Crippen molar-refractivity contribution in [1.82, 2.24) is 15.2 Å². The Bertz CT molecular complexity index is 820. The fourth-order valence-corrected chi connectivity index (χ4v) is 3.85. The highest BCUT2D eigenvalue weighted by Crippen LogP contribution is 2.30. The molecule has 6 heteroatoms. The molecule has 0 unspecified atom stereocenters. The lowest BCUT2D eigenvalue weighted by atomic mass is 9.89. The van der Waals surface area contributed by atoms with Crippen molar-refractivity contribution < 1.29 is 13.9 Å². The number of likely N-dealkylation sites (tertiary alicyclic amines) is 1. The number of carbonyl (C=O) groups is 1. The molecule has 156 valence electrons. The van der Waals surface area contributed by atoms with Gasteiger partial charge in [0.05, 0.1) is 11.3 Å². The molecular weight excluding hydrogens is 369 g/mol. The van der Waals surface area contributed by atoms with Gasteiger partial charge in [0.2, 0.25) is 0 Å². The summed E-state index contributed by atoms with van der Waals surface area (Å²) in [6.45, 7) is 5.74. The number of carbonyl (C=O) groups excluding carboxylic acids is 1. The van der Waals surface area contributed by atoms with Crippen molar-refractivity contribution in [3.05, 3.63) is 64.7 Å². The maximum Gasteiger partial charge on any atom is 0.253 e. The fourth-order valence-electron chi connectivity index (χ4n) is 3.85. The maximum absolute atomic E-state index is 13.4. The fraction of sp³-hybridized carbons (Fsp3) is 0.478. The third-order valence-electron chi connectivity index (χ3n) is 5.39. The molecule has 3 rings (SSSR count). The molecule has 1 fully saturated rings. The summed E-state index contributed by atoms with van der Waals surface area (Å²) >= 11 is 0. The Morgan fingerprint density at radius 2 is 2.07 bits per heavy atom. The molecule has 0 atom stereocenters. The first-order valence-electron chi connectivity index (χ1n) is 10.3. The number of hydrogen-bond acceptors (Lipinski definition) is 4. The minimum absolute atomic E-state index is 0.0641. The van der Waals surface area contributed by atoms with E-state index < -0.39 is 0 Å². The molecule has 0 bridgehead atoms. The van der Waals surface area contributed by atoms with Gasteiger partial charge in [0.1, 0.15) is 5.82 Å². The molecule has 0 aliphatic carbocycles. The first kappa shape index (κ1) is 21.4. The summed E-state index contributed by atoms with van der Waals surface area (Å²) in [5, 5.41) is 2.97. The van der Waals surface area contributed by atoms with Crippen LogP contribution in [0.4, 0.5) is 4.39 Å². The van der Waals surface area contributed by atoms with Gasteiger partial charge >= 0.3 is 0 Å². The highest BCUT2D eigenvalue weighted by Gasteiger charge is 2.26. The molecule has 1 aromatic heterocycles. The number of hydrogen-bond donors (Lipinski definition) is 1. The van der Waals surface area contributed by atoms with Gasteiger partial charge in [-0.1, -0.05) is 12.1 Å². The number of nitrogens with one attached hydrogen (secondary N) is 1. The van der Waals surface area contributed by atoms with E-state index in [2.05, 4.69) is 10.2 Å². The summed E-state index contributed by atoms with van der Waals surface area (Å²) in [7, 11) is 1.66. The van der Waals surface area contributed by atoms with Gasteiger partial charge in [0.15, 0.2) is 0 Å².